The molecule has 2 saturated carbocycles. The monoisotopic (exact) mass is 253 g/mol. The summed E-state index contributed by atoms with van der Waals surface area (Å²) in [5, 5.41) is 7.22. The number of nitrogens with zero attached hydrogens (tertiary/aromatic N) is 2. The summed E-state index contributed by atoms with van der Waals surface area (Å²) in [5.74, 6) is 2.65. The quantitative estimate of drug-likeness (QED) is 0.600. The van der Waals surface area contributed by atoms with Crippen LogP contribution in [0.4, 0.5) is 0 Å². The molecule has 94 valence electrons. The van der Waals surface area contributed by atoms with Crippen molar-refractivity contribution in [1.82, 2.24) is 14.8 Å². The van der Waals surface area contributed by atoms with E-state index in [9.17, 15) is 0 Å². The molecule has 0 unspecified atom stereocenters. The normalized spacial score (nSPS) is 19.8. The molecule has 0 radical (unpaired) electrons. The molecule has 5 heteroatoms. The van der Waals surface area contributed by atoms with Gasteiger partial charge in [0, 0.05) is 25.7 Å². The van der Waals surface area contributed by atoms with Crippen LogP contribution in [0.2, 0.25) is 0 Å². The standard InChI is InChI=1S/C12H19N3OS/c17-12-14-13-11(10-4-5-10)15(12)6-1-7-16-8-9-2-3-9/h9-10H,1-8H2,(H,14,17). The molecule has 3 rings (SSSR count). The second-order valence-electron chi connectivity index (χ2n) is 5.18. The average Bonchev–Trinajstić information content (AvgIpc) is 3.21. The van der Waals surface area contributed by atoms with Crippen molar-refractivity contribution in [3.63, 3.8) is 0 Å². The molecule has 0 aromatic carbocycles. The van der Waals surface area contributed by atoms with Crippen molar-refractivity contribution in [2.45, 2.75) is 44.6 Å². The van der Waals surface area contributed by atoms with Crippen LogP contribution >= 0.6 is 12.2 Å². The van der Waals surface area contributed by atoms with Gasteiger partial charge in [0.25, 0.3) is 0 Å². The van der Waals surface area contributed by atoms with Crippen molar-refractivity contribution in [1.29, 1.82) is 0 Å². The predicted octanol–water partition coefficient (Wildman–Crippen LogP) is 2.63. The van der Waals surface area contributed by atoms with E-state index >= 15 is 0 Å². The van der Waals surface area contributed by atoms with Gasteiger partial charge in [-0.3, -0.25) is 5.10 Å². The Morgan fingerprint density at radius 1 is 1.35 bits per heavy atom. The van der Waals surface area contributed by atoms with Gasteiger partial charge in [0.2, 0.25) is 0 Å². The number of aromatic amines is 1. The highest BCUT2D eigenvalue weighted by atomic mass is 32.1. The molecular weight excluding hydrogens is 234 g/mol. The number of aromatic nitrogens is 3. The lowest BCUT2D eigenvalue weighted by atomic mass is 10.3. The van der Waals surface area contributed by atoms with Crippen LogP contribution in [-0.4, -0.2) is 28.0 Å². The molecule has 0 amide bonds. The molecule has 2 fully saturated rings. The lowest BCUT2D eigenvalue weighted by Crippen LogP contribution is -2.07. The van der Waals surface area contributed by atoms with Gasteiger partial charge >= 0.3 is 0 Å². The van der Waals surface area contributed by atoms with Crippen LogP contribution in [-0.2, 0) is 11.3 Å². The molecule has 0 spiro atoms. The van der Waals surface area contributed by atoms with Gasteiger partial charge in [-0.1, -0.05) is 0 Å². The fourth-order valence-corrected chi connectivity index (χ4v) is 2.29. The van der Waals surface area contributed by atoms with E-state index in [1.807, 2.05) is 0 Å². The summed E-state index contributed by atoms with van der Waals surface area (Å²) in [7, 11) is 0. The Balaban J connectivity index is 1.46. The van der Waals surface area contributed by atoms with Gasteiger partial charge in [0.1, 0.15) is 5.82 Å². The van der Waals surface area contributed by atoms with Crippen LogP contribution in [0.25, 0.3) is 0 Å². The summed E-state index contributed by atoms with van der Waals surface area (Å²) in [6, 6.07) is 0. The lowest BCUT2D eigenvalue weighted by Gasteiger charge is -2.06. The molecule has 2 aliphatic carbocycles. The Hall–Kier alpha value is -0.680. The molecule has 0 atom stereocenters. The third-order valence-corrected chi connectivity index (χ3v) is 3.76. The number of hydrogen-bond donors (Lipinski definition) is 1. The van der Waals surface area contributed by atoms with E-state index in [-0.39, 0.29) is 0 Å². The Bertz CT molecular complexity index is 431. The summed E-state index contributed by atoms with van der Waals surface area (Å²) in [6.45, 7) is 2.73. The molecule has 0 saturated heterocycles. The summed E-state index contributed by atoms with van der Waals surface area (Å²) in [5.41, 5.74) is 0. The van der Waals surface area contributed by atoms with E-state index in [0.29, 0.717) is 5.92 Å². The van der Waals surface area contributed by atoms with E-state index in [4.69, 9.17) is 17.0 Å². The second-order valence-corrected chi connectivity index (χ2v) is 5.57. The first-order chi connectivity index (χ1) is 8.34. The third-order valence-electron chi connectivity index (χ3n) is 3.45. The van der Waals surface area contributed by atoms with Crippen molar-refractivity contribution in [2.24, 2.45) is 5.92 Å². The highest BCUT2D eigenvalue weighted by molar-refractivity contribution is 7.71. The first-order valence-corrected chi connectivity index (χ1v) is 6.98. The van der Waals surface area contributed by atoms with Gasteiger partial charge in [0.05, 0.1) is 0 Å². The molecule has 0 aliphatic heterocycles. The van der Waals surface area contributed by atoms with Gasteiger partial charge in [-0.05, 0) is 50.2 Å². The molecule has 17 heavy (non-hydrogen) atoms. The number of rotatable bonds is 7. The summed E-state index contributed by atoms with van der Waals surface area (Å²) < 4.78 is 8.54. The minimum Gasteiger partial charge on any atom is -0.381 e. The van der Waals surface area contributed by atoms with Gasteiger partial charge in [-0.25, -0.2) is 0 Å². The van der Waals surface area contributed by atoms with Crippen LogP contribution < -0.4 is 0 Å². The van der Waals surface area contributed by atoms with Gasteiger partial charge in [-0.15, -0.1) is 0 Å². The van der Waals surface area contributed by atoms with Crippen molar-refractivity contribution in [2.75, 3.05) is 13.2 Å². The number of nitrogens with one attached hydrogen (secondary N) is 1. The van der Waals surface area contributed by atoms with Crippen LogP contribution in [0.1, 0.15) is 43.8 Å². The Morgan fingerprint density at radius 2 is 2.18 bits per heavy atom. The van der Waals surface area contributed by atoms with E-state index in [0.717, 1.165) is 42.7 Å². The van der Waals surface area contributed by atoms with Crippen molar-refractivity contribution < 1.29 is 4.74 Å². The maximum atomic E-state index is 5.63. The molecule has 1 N–H and O–H groups in total. The van der Waals surface area contributed by atoms with Gasteiger partial charge in [-0.2, -0.15) is 5.10 Å². The zero-order valence-electron chi connectivity index (χ0n) is 10.0. The van der Waals surface area contributed by atoms with Crippen LogP contribution in [0.5, 0.6) is 0 Å². The van der Waals surface area contributed by atoms with E-state index in [2.05, 4.69) is 14.8 Å². The lowest BCUT2D eigenvalue weighted by molar-refractivity contribution is 0.119. The van der Waals surface area contributed by atoms with Gasteiger partial charge in [0.15, 0.2) is 4.77 Å². The topological polar surface area (TPSA) is 42.8 Å². The average molecular weight is 253 g/mol. The SMILES string of the molecule is S=c1[nH]nc(C2CC2)n1CCCOCC1CC1. The van der Waals surface area contributed by atoms with E-state index < -0.39 is 0 Å². The van der Waals surface area contributed by atoms with E-state index in [1.165, 1.54) is 25.7 Å². The van der Waals surface area contributed by atoms with Crippen LogP contribution in [0, 0.1) is 10.7 Å². The fraction of sp³-hybridized carbons (Fsp3) is 0.833. The molecule has 0 bridgehead atoms. The first-order valence-electron chi connectivity index (χ1n) is 6.57. The molecular formula is C12H19N3OS. The highest BCUT2D eigenvalue weighted by Gasteiger charge is 2.28. The number of H-pyrrole nitrogens is 1. The first kappa shape index (κ1) is 11.4. The summed E-state index contributed by atoms with van der Waals surface area (Å²) >= 11 is 5.25. The maximum absolute atomic E-state index is 5.63. The number of ether oxygens (including phenoxy) is 1. The molecule has 2 aliphatic rings. The Labute approximate surface area is 106 Å². The number of hydrogen-bond acceptors (Lipinski definition) is 3. The predicted molar refractivity (Wildman–Crippen MR) is 67.5 cm³/mol. The largest absolute Gasteiger partial charge is 0.381 e. The van der Waals surface area contributed by atoms with E-state index in [1.54, 1.807) is 0 Å². The zero-order chi connectivity index (χ0) is 11.7. The molecule has 4 nitrogen and oxygen atoms in total. The molecule has 1 heterocycles. The van der Waals surface area contributed by atoms with Crippen molar-refractivity contribution >= 4 is 12.2 Å². The second kappa shape index (κ2) is 4.90. The van der Waals surface area contributed by atoms with Crippen molar-refractivity contribution in [3.8, 4) is 0 Å². The maximum Gasteiger partial charge on any atom is 0.195 e. The Morgan fingerprint density at radius 3 is 2.88 bits per heavy atom. The smallest absolute Gasteiger partial charge is 0.195 e. The van der Waals surface area contributed by atoms with Gasteiger partial charge < -0.3 is 9.30 Å². The Kier molecular flexibility index (Phi) is 3.29. The molecule has 1 aromatic rings. The minimum atomic E-state index is 0.648. The van der Waals surface area contributed by atoms with Crippen molar-refractivity contribution in [3.05, 3.63) is 10.6 Å². The van der Waals surface area contributed by atoms with Crippen LogP contribution in [0.3, 0.4) is 0 Å². The highest BCUT2D eigenvalue weighted by Crippen LogP contribution is 2.38. The van der Waals surface area contributed by atoms with Crippen LogP contribution in [0.15, 0.2) is 0 Å². The summed E-state index contributed by atoms with van der Waals surface area (Å²) in [6.07, 6.45) is 6.27. The third kappa shape index (κ3) is 2.96. The minimum absolute atomic E-state index is 0.648. The summed E-state index contributed by atoms with van der Waals surface area (Å²) in [4.78, 5) is 0. The zero-order valence-corrected chi connectivity index (χ0v) is 10.8. The fourth-order valence-electron chi connectivity index (χ4n) is 2.06. The molecule has 1 aromatic heterocycles.